The van der Waals surface area contributed by atoms with Crippen LogP contribution in [0, 0.1) is 5.41 Å². The van der Waals surface area contributed by atoms with Gasteiger partial charge in [0.1, 0.15) is 0 Å². The van der Waals surface area contributed by atoms with Crippen LogP contribution in [0.2, 0.25) is 0 Å². The van der Waals surface area contributed by atoms with E-state index in [1.807, 2.05) is 10.3 Å². The molecule has 3 aliphatic rings. The predicted octanol–water partition coefficient (Wildman–Crippen LogP) is 4.49. The van der Waals surface area contributed by atoms with E-state index in [0.29, 0.717) is 38.2 Å². The van der Waals surface area contributed by atoms with E-state index in [1.165, 1.54) is 12.1 Å². The number of primary amides is 1. The number of allylic oxidation sites excluding steroid dienone is 1. The van der Waals surface area contributed by atoms with Crippen molar-refractivity contribution in [3.8, 4) is 0 Å². The van der Waals surface area contributed by atoms with Crippen molar-refractivity contribution in [2.45, 2.75) is 81.0 Å². The van der Waals surface area contributed by atoms with Crippen LogP contribution in [-0.4, -0.2) is 45.3 Å². The molecule has 1 unspecified atom stereocenters. The normalized spacial score (nSPS) is 29.5. The summed E-state index contributed by atoms with van der Waals surface area (Å²) in [5, 5.41) is 12.0. The molecule has 3 N–H and O–H groups in total. The van der Waals surface area contributed by atoms with E-state index in [9.17, 15) is 27.9 Å². The van der Waals surface area contributed by atoms with Crippen molar-refractivity contribution >= 4 is 23.6 Å². The zero-order valence-electron chi connectivity index (χ0n) is 18.5. The summed E-state index contributed by atoms with van der Waals surface area (Å²) in [6, 6.07) is 5.11. The lowest BCUT2D eigenvalue weighted by Crippen LogP contribution is -2.51. The molecule has 2 amide bonds. The largest absolute Gasteiger partial charge is 0.421 e. The second kappa shape index (κ2) is 8.65. The fourth-order valence-electron chi connectivity index (χ4n) is 5.10. The van der Waals surface area contributed by atoms with E-state index in [2.05, 4.69) is 6.08 Å². The van der Waals surface area contributed by atoms with E-state index < -0.39 is 17.2 Å². The summed E-state index contributed by atoms with van der Waals surface area (Å²) in [7, 11) is 0. The average Bonchev–Trinajstić information content (AvgIpc) is 3.44. The first-order valence-corrected chi connectivity index (χ1v) is 12.2. The Morgan fingerprint density at radius 2 is 1.67 bits per heavy atom. The molecule has 0 radical (unpaired) electrons. The predicted molar refractivity (Wildman–Crippen MR) is 120 cm³/mol. The number of benzene rings is 1. The van der Waals surface area contributed by atoms with Crippen LogP contribution < -0.4 is 5.73 Å². The Hall–Kier alpha value is -2.00. The number of halogens is 3. The number of hydrogen-bond donors (Lipinski definition) is 2. The van der Waals surface area contributed by atoms with E-state index in [0.717, 1.165) is 31.4 Å². The smallest absolute Gasteiger partial charge is 0.376 e. The number of rotatable bonds is 6. The van der Waals surface area contributed by atoms with Crippen molar-refractivity contribution in [1.29, 1.82) is 0 Å². The monoisotopic (exact) mass is 482 g/mol. The van der Waals surface area contributed by atoms with Crippen molar-refractivity contribution in [2.24, 2.45) is 11.1 Å². The SMILES string of the molecule is C[C@](O)(c1ccc(C(=O)N(C2CC2)[C@H]2CC[C@](C(N)=O)(C3CC=CS3)CC2)cc1)C(F)(F)F. The van der Waals surface area contributed by atoms with Gasteiger partial charge in [-0.25, -0.2) is 0 Å². The van der Waals surface area contributed by atoms with Crippen LogP contribution in [0.3, 0.4) is 0 Å². The van der Waals surface area contributed by atoms with Crippen LogP contribution in [0.5, 0.6) is 0 Å². The number of amides is 2. The molecule has 0 saturated heterocycles. The molecule has 2 atom stereocenters. The number of hydrogen-bond acceptors (Lipinski definition) is 4. The van der Waals surface area contributed by atoms with Crippen LogP contribution in [0.4, 0.5) is 13.2 Å². The maximum atomic E-state index is 13.4. The minimum absolute atomic E-state index is 0.0326. The Balaban J connectivity index is 1.49. The first-order valence-electron chi connectivity index (χ1n) is 11.3. The highest BCUT2D eigenvalue weighted by Gasteiger charge is 2.52. The molecular weight excluding hydrogens is 453 g/mol. The summed E-state index contributed by atoms with van der Waals surface area (Å²) in [6.45, 7) is 0.700. The first kappa shape index (κ1) is 24.1. The Kier molecular flexibility index (Phi) is 6.33. The lowest BCUT2D eigenvalue weighted by atomic mass is 9.68. The molecule has 2 aliphatic carbocycles. The van der Waals surface area contributed by atoms with Gasteiger partial charge in [0, 0.05) is 22.9 Å². The molecule has 33 heavy (non-hydrogen) atoms. The van der Waals surface area contributed by atoms with Crippen LogP contribution >= 0.6 is 11.8 Å². The van der Waals surface area contributed by atoms with Gasteiger partial charge >= 0.3 is 6.18 Å². The van der Waals surface area contributed by atoms with Crippen LogP contribution in [0.15, 0.2) is 35.7 Å². The fraction of sp³-hybridized carbons (Fsp3) is 0.583. The van der Waals surface area contributed by atoms with E-state index in [1.54, 1.807) is 11.8 Å². The van der Waals surface area contributed by atoms with Gasteiger partial charge in [-0.15, -0.1) is 11.8 Å². The van der Waals surface area contributed by atoms with Gasteiger partial charge in [-0.1, -0.05) is 18.2 Å². The Bertz CT molecular complexity index is 925. The molecule has 0 bridgehead atoms. The Labute approximate surface area is 195 Å². The minimum atomic E-state index is -4.82. The number of carbonyl (C=O) groups excluding carboxylic acids is 2. The standard InChI is InChI=1S/C24H29F3N2O3S/c1-22(32,24(25,26)27)16-6-4-15(5-7-16)20(30)29(17-8-9-17)18-10-12-23(13-11-18,21(28)31)19-3-2-14-33-19/h2,4-7,14,17-19,32H,3,8-13H2,1H3,(H2,28,31)/t18-,19?,22-,23+/m0/s1. The van der Waals surface area contributed by atoms with Gasteiger partial charge in [0.25, 0.3) is 5.91 Å². The molecule has 2 saturated carbocycles. The minimum Gasteiger partial charge on any atom is -0.376 e. The zero-order chi connectivity index (χ0) is 24.0. The molecule has 0 spiro atoms. The summed E-state index contributed by atoms with van der Waals surface area (Å²) >= 11 is 1.65. The lowest BCUT2D eigenvalue weighted by molar-refractivity contribution is -0.258. The molecule has 9 heteroatoms. The number of alkyl halides is 3. The molecule has 5 nitrogen and oxygen atoms in total. The molecule has 1 aromatic carbocycles. The zero-order valence-corrected chi connectivity index (χ0v) is 19.3. The van der Waals surface area contributed by atoms with Gasteiger partial charge in [-0.2, -0.15) is 13.2 Å². The second-order valence-electron chi connectivity index (χ2n) is 9.57. The third-order valence-corrected chi connectivity index (χ3v) is 8.78. The molecule has 0 aromatic heterocycles. The molecule has 1 aliphatic heterocycles. The van der Waals surface area contributed by atoms with Gasteiger partial charge in [0.2, 0.25) is 5.91 Å². The topological polar surface area (TPSA) is 83.6 Å². The molecule has 2 fully saturated rings. The Morgan fingerprint density at radius 1 is 1.09 bits per heavy atom. The molecule has 4 rings (SSSR count). The van der Waals surface area contributed by atoms with E-state index in [4.69, 9.17) is 5.73 Å². The first-order chi connectivity index (χ1) is 15.5. The summed E-state index contributed by atoms with van der Waals surface area (Å²) in [5.41, 5.74) is 2.27. The van der Waals surface area contributed by atoms with Gasteiger partial charge < -0.3 is 15.7 Å². The quantitative estimate of drug-likeness (QED) is 0.626. The summed E-state index contributed by atoms with van der Waals surface area (Å²) in [4.78, 5) is 27.7. The van der Waals surface area contributed by atoms with Crippen molar-refractivity contribution in [2.75, 3.05) is 0 Å². The number of aliphatic hydroxyl groups is 1. The fourth-order valence-corrected chi connectivity index (χ4v) is 6.34. The summed E-state index contributed by atoms with van der Waals surface area (Å²) < 4.78 is 39.4. The number of nitrogens with zero attached hydrogens (tertiary/aromatic N) is 1. The van der Waals surface area contributed by atoms with Crippen LogP contribution in [-0.2, 0) is 10.4 Å². The molecular formula is C24H29F3N2O3S. The molecule has 1 heterocycles. The van der Waals surface area contributed by atoms with Gasteiger partial charge in [0.05, 0.1) is 5.41 Å². The van der Waals surface area contributed by atoms with Gasteiger partial charge in [-0.05, 0) is 75.0 Å². The van der Waals surface area contributed by atoms with Crippen LogP contribution in [0.1, 0.15) is 67.8 Å². The van der Waals surface area contributed by atoms with Crippen molar-refractivity contribution in [1.82, 2.24) is 4.90 Å². The van der Waals surface area contributed by atoms with Crippen LogP contribution in [0.25, 0.3) is 0 Å². The number of nitrogens with two attached hydrogens (primary N) is 1. The highest BCUT2D eigenvalue weighted by Crippen LogP contribution is 2.49. The van der Waals surface area contributed by atoms with Gasteiger partial charge in [-0.3, -0.25) is 9.59 Å². The van der Waals surface area contributed by atoms with Crippen molar-refractivity contribution in [3.05, 3.63) is 46.9 Å². The second-order valence-corrected chi connectivity index (χ2v) is 10.7. The third-order valence-electron chi connectivity index (χ3n) is 7.46. The van der Waals surface area contributed by atoms with Crippen molar-refractivity contribution < 1.29 is 27.9 Å². The van der Waals surface area contributed by atoms with Crippen molar-refractivity contribution in [3.63, 3.8) is 0 Å². The third kappa shape index (κ3) is 4.41. The molecule has 180 valence electrons. The molecule has 1 aromatic rings. The highest BCUT2D eigenvalue weighted by atomic mass is 32.2. The van der Waals surface area contributed by atoms with Gasteiger partial charge in [0.15, 0.2) is 5.60 Å². The summed E-state index contributed by atoms with van der Waals surface area (Å²) in [6.07, 6.45) is 2.43. The number of thioether (sulfide) groups is 1. The average molecular weight is 483 g/mol. The number of carbonyl (C=O) groups is 2. The summed E-state index contributed by atoms with van der Waals surface area (Å²) in [5.74, 6) is -0.497. The maximum absolute atomic E-state index is 13.4. The Morgan fingerprint density at radius 3 is 2.12 bits per heavy atom. The lowest BCUT2D eigenvalue weighted by Gasteiger charge is -2.44. The van der Waals surface area contributed by atoms with E-state index in [-0.39, 0.29) is 34.7 Å². The van der Waals surface area contributed by atoms with E-state index >= 15 is 0 Å². The highest BCUT2D eigenvalue weighted by molar-refractivity contribution is 8.03. The maximum Gasteiger partial charge on any atom is 0.421 e.